The van der Waals surface area contributed by atoms with E-state index in [-0.39, 0.29) is 17.3 Å². The van der Waals surface area contributed by atoms with E-state index in [4.69, 9.17) is 0 Å². The number of carbonyl (C=O) groups is 1. The van der Waals surface area contributed by atoms with Crippen LogP contribution in [-0.2, 0) is 12.8 Å². The third kappa shape index (κ3) is 3.26. The third-order valence-electron chi connectivity index (χ3n) is 3.41. The van der Waals surface area contributed by atoms with Gasteiger partial charge in [-0.2, -0.15) is 0 Å². The van der Waals surface area contributed by atoms with Crippen LogP contribution in [0.15, 0.2) is 61.7 Å². The van der Waals surface area contributed by atoms with E-state index < -0.39 is 0 Å². The molecule has 2 rings (SSSR count). The molecule has 0 fully saturated rings. The van der Waals surface area contributed by atoms with E-state index in [1.807, 2.05) is 0 Å². The summed E-state index contributed by atoms with van der Waals surface area (Å²) >= 11 is 0. The van der Waals surface area contributed by atoms with Gasteiger partial charge in [0, 0.05) is 11.1 Å². The van der Waals surface area contributed by atoms with Crippen molar-refractivity contribution in [3.63, 3.8) is 0 Å². The van der Waals surface area contributed by atoms with Gasteiger partial charge in [0.15, 0.2) is 5.78 Å². The number of allylic oxidation sites excluding steroid dienone is 2. The monoisotopic (exact) mass is 294 g/mol. The lowest BCUT2D eigenvalue weighted by atomic mass is 9.97. The molecule has 2 N–H and O–H groups in total. The van der Waals surface area contributed by atoms with Gasteiger partial charge in [0.25, 0.3) is 0 Å². The Morgan fingerprint density at radius 1 is 0.864 bits per heavy atom. The smallest absolute Gasteiger partial charge is 0.193 e. The fourth-order valence-corrected chi connectivity index (χ4v) is 2.26. The average Bonchev–Trinajstić information content (AvgIpc) is 2.51. The summed E-state index contributed by atoms with van der Waals surface area (Å²) in [5.74, 6) is 0.139. The molecule has 0 aromatic heterocycles. The first-order chi connectivity index (χ1) is 10.6. The predicted octanol–water partition coefficient (Wildman–Crippen LogP) is 3.79. The summed E-state index contributed by atoms with van der Waals surface area (Å²) in [4.78, 5) is 12.6. The Bertz CT molecular complexity index is 668. The number of hydrogen-bond acceptors (Lipinski definition) is 3. The largest absolute Gasteiger partial charge is 0.508 e. The molecule has 0 saturated carbocycles. The van der Waals surface area contributed by atoms with Crippen LogP contribution >= 0.6 is 0 Å². The van der Waals surface area contributed by atoms with Crippen molar-refractivity contribution in [1.29, 1.82) is 0 Å². The van der Waals surface area contributed by atoms with Gasteiger partial charge in [-0.05, 0) is 60.4 Å². The van der Waals surface area contributed by atoms with E-state index in [1.54, 1.807) is 36.4 Å². The molecular weight excluding hydrogens is 276 g/mol. The van der Waals surface area contributed by atoms with E-state index in [1.165, 1.54) is 12.1 Å². The zero-order valence-electron chi connectivity index (χ0n) is 12.2. The van der Waals surface area contributed by atoms with Crippen LogP contribution in [0.2, 0.25) is 0 Å². The summed E-state index contributed by atoms with van der Waals surface area (Å²) in [5, 5.41) is 19.5. The molecule has 0 bridgehead atoms. The second kappa shape index (κ2) is 6.76. The Kier molecular flexibility index (Phi) is 4.79. The molecule has 0 aliphatic heterocycles. The molecule has 0 heterocycles. The second-order valence-corrected chi connectivity index (χ2v) is 5.00. The van der Waals surface area contributed by atoms with E-state index in [9.17, 15) is 15.0 Å². The SMILES string of the molecule is C=CCc1cc(C(=O)c2ccc(O)c(CC=C)c2)ccc1O. The quantitative estimate of drug-likeness (QED) is 0.629. The van der Waals surface area contributed by atoms with Crippen molar-refractivity contribution >= 4 is 5.78 Å². The van der Waals surface area contributed by atoms with Crippen LogP contribution in [0.4, 0.5) is 0 Å². The Morgan fingerprint density at radius 3 is 1.64 bits per heavy atom. The first kappa shape index (κ1) is 15.6. The van der Waals surface area contributed by atoms with Crippen molar-refractivity contribution in [1.82, 2.24) is 0 Å². The molecule has 0 unspecified atom stereocenters. The second-order valence-electron chi connectivity index (χ2n) is 5.00. The van der Waals surface area contributed by atoms with E-state index in [0.29, 0.717) is 35.1 Å². The number of ketones is 1. The van der Waals surface area contributed by atoms with E-state index >= 15 is 0 Å². The molecule has 0 spiro atoms. The fourth-order valence-electron chi connectivity index (χ4n) is 2.26. The highest BCUT2D eigenvalue weighted by atomic mass is 16.3. The minimum atomic E-state index is -0.157. The van der Waals surface area contributed by atoms with Crippen molar-refractivity contribution in [3.05, 3.63) is 84.0 Å². The van der Waals surface area contributed by atoms with Gasteiger partial charge in [-0.25, -0.2) is 0 Å². The maximum absolute atomic E-state index is 12.6. The maximum atomic E-state index is 12.6. The normalized spacial score (nSPS) is 10.2. The molecule has 0 amide bonds. The molecule has 0 atom stereocenters. The van der Waals surface area contributed by atoms with E-state index in [0.717, 1.165) is 0 Å². The van der Waals surface area contributed by atoms with Crippen molar-refractivity contribution in [3.8, 4) is 11.5 Å². The third-order valence-corrected chi connectivity index (χ3v) is 3.41. The predicted molar refractivity (Wildman–Crippen MR) is 87.4 cm³/mol. The molecule has 3 heteroatoms. The molecule has 22 heavy (non-hydrogen) atoms. The molecule has 2 aromatic carbocycles. The molecule has 0 aliphatic carbocycles. The molecule has 0 radical (unpaired) electrons. The summed E-state index contributed by atoms with van der Waals surface area (Å²) in [6.45, 7) is 7.28. The number of aromatic hydroxyl groups is 2. The number of rotatable bonds is 6. The molecular formula is C19H18O3. The minimum Gasteiger partial charge on any atom is -0.508 e. The van der Waals surface area contributed by atoms with Crippen LogP contribution in [0.5, 0.6) is 11.5 Å². The van der Waals surface area contributed by atoms with E-state index in [2.05, 4.69) is 13.2 Å². The lowest BCUT2D eigenvalue weighted by Crippen LogP contribution is -2.03. The minimum absolute atomic E-state index is 0.148. The molecule has 0 aliphatic rings. The lowest BCUT2D eigenvalue weighted by Gasteiger charge is -2.08. The van der Waals surface area contributed by atoms with Gasteiger partial charge in [-0.15, -0.1) is 13.2 Å². The number of carbonyl (C=O) groups excluding carboxylic acids is 1. The van der Waals surface area contributed by atoms with Crippen LogP contribution in [-0.4, -0.2) is 16.0 Å². The number of phenolic OH excluding ortho intramolecular Hbond substituents is 2. The number of phenols is 2. The van der Waals surface area contributed by atoms with Gasteiger partial charge < -0.3 is 10.2 Å². The first-order valence-corrected chi connectivity index (χ1v) is 6.97. The standard InChI is InChI=1S/C19H18O3/c1-3-5-13-11-15(7-9-17(13)20)19(22)16-8-10-18(21)14(12-16)6-4-2/h3-4,7-12,20-21H,1-2,5-6H2. The zero-order valence-corrected chi connectivity index (χ0v) is 12.2. The summed E-state index contributed by atoms with van der Waals surface area (Å²) in [7, 11) is 0. The zero-order chi connectivity index (χ0) is 16.1. The summed E-state index contributed by atoms with van der Waals surface area (Å²) in [6.07, 6.45) is 4.33. The van der Waals surface area contributed by atoms with Gasteiger partial charge in [0.1, 0.15) is 11.5 Å². The number of hydrogen-bond donors (Lipinski definition) is 2. The average molecular weight is 294 g/mol. The van der Waals surface area contributed by atoms with Crippen LogP contribution in [0.1, 0.15) is 27.0 Å². The highest BCUT2D eigenvalue weighted by Gasteiger charge is 2.13. The van der Waals surface area contributed by atoms with Gasteiger partial charge in [-0.1, -0.05) is 12.2 Å². The van der Waals surface area contributed by atoms with Gasteiger partial charge in [-0.3, -0.25) is 4.79 Å². The molecule has 112 valence electrons. The van der Waals surface area contributed by atoms with Crippen LogP contribution < -0.4 is 0 Å². The number of benzene rings is 2. The molecule has 2 aromatic rings. The van der Waals surface area contributed by atoms with Crippen LogP contribution in [0.25, 0.3) is 0 Å². The first-order valence-electron chi connectivity index (χ1n) is 6.97. The summed E-state index contributed by atoms with van der Waals surface area (Å²) in [6, 6.07) is 9.53. The summed E-state index contributed by atoms with van der Waals surface area (Å²) < 4.78 is 0. The van der Waals surface area contributed by atoms with Crippen LogP contribution in [0, 0.1) is 0 Å². The Hall–Kier alpha value is -2.81. The van der Waals surface area contributed by atoms with Crippen LogP contribution in [0.3, 0.4) is 0 Å². The Morgan fingerprint density at radius 2 is 1.27 bits per heavy atom. The highest BCUT2D eigenvalue weighted by Crippen LogP contribution is 2.24. The van der Waals surface area contributed by atoms with Crippen molar-refractivity contribution in [2.75, 3.05) is 0 Å². The molecule has 3 nitrogen and oxygen atoms in total. The lowest BCUT2D eigenvalue weighted by molar-refractivity contribution is 0.103. The summed E-state index contributed by atoms with van der Waals surface area (Å²) in [5.41, 5.74) is 2.30. The molecule has 0 saturated heterocycles. The van der Waals surface area contributed by atoms with Gasteiger partial charge in [0.2, 0.25) is 0 Å². The maximum Gasteiger partial charge on any atom is 0.193 e. The van der Waals surface area contributed by atoms with Crippen molar-refractivity contribution < 1.29 is 15.0 Å². The Labute approximate surface area is 129 Å². The van der Waals surface area contributed by atoms with Crippen molar-refractivity contribution in [2.45, 2.75) is 12.8 Å². The fraction of sp³-hybridized carbons (Fsp3) is 0.105. The highest BCUT2D eigenvalue weighted by molar-refractivity contribution is 6.09. The Balaban J connectivity index is 2.39. The topological polar surface area (TPSA) is 57.5 Å². The van der Waals surface area contributed by atoms with Crippen molar-refractivity contribution in [2.24, 2.45) is 0 Å². The van der Waals surface area contributed by atoms with Gasteiger partial charge >= 0.3 is 0 Å². The van der Waals surface area contributed by atoms with Gasteiger partial charge in [0.05, 0.1) is 0 Å².